The highest BCUT2D eigenvalue weighted by atomic mass is 35.5. The molecule has 0 radical (unpaired) electrons. The van der Waals surface area contributed by atoms with Crippen LogP contribution in [-0.4, -0.2) is 35.2 Å². The molecular formula is C17H23ClN4O5. The summed E-state index contributed by atoms with van der Waals surface area (Å²) in [7, 11) is 1.31. The number of hydrogen-bond acceptors (Lipinski definition) is 8. The van der Waals surface area contributed by atoms with Gasteiger partial charge in [-0.1, -0.05) is 25.1 Å². The number of amides is 1. The summed E-state index contributed by atoms with van der Waals surface area (Å²) in [5, 5.41) is 6.42. The van der Waals surface area contributed by atoms with Gasteiger partial charge in [0, 0.05) is 0 Å². The second-order valence-electron chi connectivity index (χ2n) is 5.90. The molecule has 10 heteroatoms. The van der Waals surface area contributed by atoms with E-state index in [4.69, 9.17) is 15.0 Å². The molecule has 2 rings (SSSR count). The first-order valence-electron chi connectivity index (χ1n) is 8.06. The van der Waals surface area contributed by atoms with Crippen LogP contribution in [0.4, 0.5) is 0 Å². The van der Waals surface area contributed by atoms with Crippen molar-refractivity contribution in [2.75, 3.05) is 7.11 Å². The maximum atomic E-state index is 11.8. The highest BCUT2D eigenvalue weighted by Crippen LogP contribution is 2.15. The van der Waals surface area contributed by atoms with Crippen LogP contribution in [0.15, 0.2) is 28.8 Å². The first-order valence-corrected chi connectivity index (χ1v) is 8.06. The molecule has 1 amide bonds. The molecule has 2 aromatic rings. The molecule has 27 heavy (non-hydrogen) atoms. The summed E-state index contributed by atoms with van der Waals surface area (Å²) in [4.78, 5) is 27.4. The summed E-state index contributed by atoms with van der Waals surface area (Å²) >= 11 is 0. The van der Waals surface area contributed by atoms with Crippen molar-refractivity contribution in [1.82, 2.24) is 15.5 Å². The maximum absolute atomic E-state index is 11.8. The minimum atomic E-state index is -0.595. The topological polar surface area (TPSA) is 130 Å². The summed E-state index contributed by atoms with van der Waals surface area (Å²) in [6.07, 6.45) is 0. The third-order valence-electron chi connectivity index (χ3n) is 3.57. The molecule has 0 spiro atoms. The molecule has 9 nitrogen and oxygen atoms in total. The molecule has 1 aromatic carbocycles. The van der Waals surface area contributed by atoms with E-state index in [9.17, 15) is 9.59 Å². The fourth-order valence-corrected chi connectivity index (χ4v) is 1.98. The molecule has 1 heterocycles. The quantitative estimate of drug-likeness (QED) is 0.639. The molecule has 0 aliphatic carbocycles. The van der Waals surface area contributed by atoms with E-state index in [1.807, 2.05) is 13.8 Å². The number of aromatic nitrogens is 2. The number of nitrogens with one attached hydrogen (secondary N) is 1. The Bertz CT molecular complexity index is 765. The van der Waals surface area contributed by atoms with Gasteiger partial charge in [-0.25, -0.2) is 4.79 Å². The molecular weight excluding hydrogens is 376 g/mol. The number of carbonyl (C=O) groups excluding carboxylic acids is 2. The lowest BCUT2D eigenvalue weighted by molar-refractivity contribution is -0.123. The van der Waals surface area contributed by atoms with E-state index in [2.05, 4.69) is 20.2 Å². The van der Waals surface area contributed by atoms with E-state index < -0.39 is 12.0 Å². The van der Waals surface area contributed by atoms with Crippen LogP contribution < -0.4 is 15.8 Å². The van der Waals surface area contributed by atoms with Crippen molar-refractivity contribution in [3.63, 3.8) is 0 Å². The Balaban J connectivity index is 0.00000364. The Morgan fingerprint density at radius 3 is 2.74 bits per heavy atom. The van der Waals surface area contributed by atoms with Crippen molar-refractivity contribution in [3.05, 3.63) is 41.5 Å². The van der Waals surface area contributed by atoms with Gasteiger partial charge in [-0.15, -0.1) is 12.4 Å². The zero-order chi connectivity index (χ0) is 19.1. The van der Waals surface area contributed by atoms with E-state index in [1.165, 1.54) is 7.11 Å². The van der Waals surface area contributed by atoms with Crippen LogP contribution >= 0.6 is 12.4 Å². The van der Waals surface area contributed by atoms with Gasteiger partial charge in [0.15, 0.2) is 6.61 Å². The van der Waals surface area contributed by atoms with Crippen molar-refractivity contribution < 1.29 is 23.6 Å². The normalized spacial score (nSPS) is 11.4. The van der Waals surface area contributed by atoms with Crippen LogP contribution in [0.3, 0.4) is 0 Å². The summed E-state index contributed by atoms with van der Waals surface area (Å²) in [5.41, 5.74) is 6.13. The van der Waals surface area contributed by atoms with Crippen LogP contribution in [0.2, 0.25) is 0 Å². The largest absolute Gasteiger partial charge is 0.485 e. The third-order valence-corrected chi connectivity index (χ3v) is 3.57. The average molecular weight is 399 g/mol. The van der Waals surface area contributed by atoms with Gasteiger partial charge in [0.05, 0.1) is 25.3 Å². The molecule has 1 atom stereocenters. The molecule has 0 saturated carbocycles. The van der Waals surface area contributed by atoms with Crippen LogP contribution in [0.1, 0.15) is 35.9 Å². The van der Waals surface area contributed by atoms with E-state index >= 15 is 0 Å². The Labute approximate surface area is 163 Å². The van der Waals surface area contributed by atoms with E-state index in [0.717, 1.165) is 0 Å². The summed E-state index contributed by atoms with van der Waals surface area (Å²) in [5.74, 6) is 0.322. The lowest BCUT2D eigenvalue weighted by atomic mass is 10.1. The predicted molar refractivity (Wildman–Crippen MR) is 98.3 cm³/mol. The standard InChI is InChI=1S/C17H22N4O5.ClH/c1-10(2)15(18)16(22)19-8-14-20-13(21-26-14)9-25-12-6-4-5-11(7-12)17(23)24-3;/h4-7,10,15H,8-9,18H2,1-3H3,(H,19,22);1H/t15-;/m0./s1. The van der Waals surface area contributed by atoms with Gasteiger partial charge in [0.2, 0.25) is 17.6 Å². The Kier molecular flexibility index (Phi) is 8.70. The zero-order valence-corrected chi connectivity index (χ0v) is 16.1. The lowest BCUT2D eigenvalue weighted by Gasteiger charge is -2.14. The highest BCUT2D eigenvalue weighted by molar-refractivity contribution is 5.89. The third kappa shape index (κ3) is 6.54. The molecule has 0 aliphatic heterocycles. The minimum Gasteiger partial charge on any atom is -0.485 e. The summed E-state index contributed by atoms with van der Waals surface area (Å²) in [6, 6.07) is 5.95. The summed E-state index contributed by atoms with van der Waals surface area (Å²) < 4.78 is 15.2. The van der Waals surface area contributed by atoms with Crippen LogP contribution in [0, 0.1) is 5.92 Å². The van der Waals surface area contributed by atoms with Gasteiger partial charge >= 0.3 is 5.97 Å². The molecule has 0 bridgehead atoms. The molecule has 0 unspecified atom stereocenters. The number of hydrogen-bond donors (Lipinski definition) is 2. The van der Waals surface area contributed by atoms with E-state index in [0.29, 0.717) is 17.1 Å². The Morgan fingerprint density at radius 2 is 2.07 bits per heavy atom. The lowest BCUT2D eigenvalue weighted by Crippen LogP contribution is -2.43. The fourth-order valence-electron chi connectivity index (χ4n) is 1.98. The van der Waals surface area contributed by atoms with Gasteiger partial charge in [-0.3, -0.25) is 4.79 Å². The smallest absolute Gasteiger partial charge is 0.337 e. The molecule has 0 aliphatic rings. The summed E-state index contributed by atoms with van der Waals surface area (Å²) in [6.45, 7) is 3.86. The maximum Gasteiger partial charge on any atom is 0.337 e. The molecule has 0 saturated heterocycles. The number of nitrogens with zero attached hydrogens (tertiary/aromatic N) is 2. The minimum absolute atomic E-state index is 0. The number of ether oxygens (including phenoxy) is 2. The number of methoxy groups -OCH3 is 1. The predicted octanol–water partition coefficient (Wildman–Crippen LogP) is 1.46. The van der Waals surface area contributed by atoms with Gasteiger partial charge in [-0.2, -0.15) is 4.98 Å². The number of nitrogens with two attached hydrogens (primary N) is 1. The van der Waals surface area contributed by atoms with Crippen LogP contribution in [0.25, 0.3) is 0 Å². The SMILES string of the molecule is COC(=O)c1cccc(OCc2noc(CNC(=O)[C@@H](N)C(C)C)n2)c1.Cl. The Morgan fingerprint density at radius 1 is 1.33 bits per heavy atom. The number of rotatable bonds is 8. The highest BCUT2D eigenvalue weighted by Gasteiger charge is 2.18. The number of esters is 1. The second kappa shape index (κ2) is 10.5. The van der Waals surface area contributed by atoms with E-state index in [-0.39, 0.29) is 43.3 Å². The van der Waals surface area contributed by atoms with Crippen molar-refractivity contribution in [2.24, 2.45) is 11.7 Å². The average Bonchev–Trinajstić information content (AvgIpc) is 3.11. The fraction of sp³-hybridized carbons (Fsp3) is 0.412. The van der Waals surface area contributed by atoms with Crippen molar-refractivity contribution >= 4 is 24.3 Å². The van der Waals surface area contributed by atoms with Crippen molar-refractivity contribution in [3.8, 4) is 5.75 Å². The van der Waals surface area contributed by atoms with Gasteiger partial charge in [0.25, 0.3) is 0 Å². The van der Waals surface area contributed by atoms with Crippen LogP contribution in [-0.2, 0) is 22.7 Å². The molecule has 1 aromatic heterocycles. The monoisotopic (exact) mass is 398 g/mol. The number of halogens is 1. The molecule has 3 N–H and O–H groups in total. The number of benzene rings is 1. The van der Waals surface area contributed by atoms with Crippen LogP contribution in [0.5, 0.6) is 5.75 Å². The number of carbonyl (C=O) groups is 2. The second-order valence-corrected chi connectivity index (χ2v) is 5.90. The zero-order valence-electron chi connectivity index (χ0n) is 15.3. The first-order chi connectivity index (χ1) is 12.4. The van der Waals surface area contributed by atoms with Gasteiger partial charge in [-0.05, 0) is 24.1 Å². The van der Waals surface area contributed by atoms with Crippen molar-refractivity contribution in [2.45, 2.75) is 33.0 Å². The van der Waals surface area contributed by atoms with E-state index in [1.54, 1.807) is 24.3 Å². The van der Waals surface area contributed by atoms with Gasteiger partial charge in [0.1, 0.15) is 5.75 Å². The van der Waals surface area contributed by atoms with Gasteiger partial charge < -0.3 is 25.0 Å². The first kappa shape index (κ1) is 22.4. The Hall–Kier alpha value is -2.65. The molecule has 0 fully saturated rings. The van der Waals surface area contributed by atoms with Crippen molar-refractivity contribution in [1.29, 1.82) is 0 Å². The molecule has 148 valence electrons.